The normalized spacial score (nSPS) is 29.4. The van der Waals surface area contributed by atoms with Gasteiger partial charge in [0.15, 0.2) is 0 Å². The first-order valence-electron chi connectivity index (χ1n) is 17.0. The maximum Gasteiger partial charge on any atom is 0.135 e. The molecule has 6 unspecified atom stereocenters. The lowest BCUT2D eigenvalue weighted by Gasteiger charge is -2.57. The minimum Gasteiger partial charge on any atom is -0.400 e. The lowest BCUT2D eigenvalue weighted by atomic mass is 9.49. The Labute approximate surface area is 256 Å². The minimum absolute atomic E-state index is 0.102. The summed E-state index contributed by atoms with van der Waals surface area (Å²) in [6.45, 7) is 13.0. The van der Waals surface area contributed by atoms with Crippen molar-refractivity contribution in [2.45, 2.75) is 125 Å². The first-order chi connectivity index (χ1) is 20.0. The molecule has 3 rings (SSSR count). The molecule has 6 heteroatoms. The van der Waals surface area contributed by atoms with E-state index in [2.05, 4.69) is 34.6 Å². The molecule has 2 fully saturated rings. The fraction of sp³-hybridized carbons (Fsp3) is 0.806. The Morgan fingerprint density at radius 1 is 1.17 bits per heavy atom. The molecule has 0 saturated heterocycles. The average Bonchev–Trinajstić information content (AvgIpc) is 3.22. The van der Waals surface area contributed by atoms with Crippen molar-refractivity contribution in [3.63, 3.8) is 0 Å². The molecule has 0 spiro atoms. The highest BCUT2D eigenvalue weighted by Crippen LogP contribution is 2.60. The van der Waals surface area contributed by atoms with Gasteiger partial charge in [-0.1, -0.05) is 66.7 Å². The molecule has 2 saturated carbocycles. The Bertz CT molecular complexity index is 973. The number of rotatable bonds is 15. The summed E-state index contributed by atoms with van der Waals surface area (Å²) in [4.78, 5) is 13.6. The molecule has 3 aliphatic rings. The van der Waals surface area contributed by atoms with Gasteiger partial charge in [-0.3, -0.25) is 4.79 Å². The lowest BCUT2D eigenvalue weighted by Crippen LogP contribution is -2.51. The van der Waals surface area contributed by atoms with Crippen LogP contribution < -0.4 is 11.6 Å². The van der Waals surface area contributed by atoms with Gasteiger partial charge in [-0.25, -0.2) is 10.2 Å². The van der Waals surface area contributed by atoms with Crippen LogP contribution in [0.1, 0.15) is 125 Å². The largest absolute Gasteiger partial charge is 0.400 e. The topological polar surface area (TPSA) is 81.6 Å². The van der Waals surface area contributed by atoms with Crippen LogP contribution in [0.25, 0.3) is 0 Å². The standard InChI is InChI=1S/C36H62FN3O2/c1-7-9-11-31(30-17-14-27-13-12-26(3)20-22-36(27,25-42-6)32(30)10-8-2)35(4,5)24-29(41)21-23-40(39)34-19-16-28(37)15-18-33(34)38/h15-16,19,26-27,30-32H,7-14,17-18,20-25,38-39H2,1-6H3. The molecule has 0 aromatic carbocycles. The Morgan fingerprint density at radius 3 is 2.60 bits per heavy atom. The van der Waals surface area contributed by atoms with Gasteiger partial charge in [0.05, 0.1) is 12.3 Å². The van der Waals surface area contributed by atoms with Gasteiger partial charge in [0.1, 0.15) is 11.6 Å². The third kappa shape index (κ3) is 8.49. The Balaban J connectivity index is 1.80. The van der Waals surface area contributed by atoms with Crippen molar-refractivity contribution in [1.82, 2.24) is 5.01 Å². The maximum absolute atomic E-state index is 13.7. The lowest BCUT2D eigenvalue weighted by molar-refractivity contribution is -0.126. The number of allylic oxidation sites excluding steroid dienone is 4. The monoisotopic (exact) mass is 587 g/mol. The number of halogens is 1. The number of nitrogens with zero attached hydrogens (tertiary/aromatic N) is 1. The Kier molecular flexibility index (Phi) is 13.2. The van der Waals surface area contributed by atoms with E-state index in [1.807, 2.05) is 7.11 Å². The molecule has 0 heterocycles. The van der Waals surface area contributed by atoms with Crippen LogP contribution in [0.3, 0.4) is 0 Å². The van der Waals surface area contributed by atoms with Gasteiger partial charge >= 0.3 is 0 Å². The highest BCUT2D eigenvalue weighted by atomic mass is 19.1. The molecule has 0 radical (unpaired) electrons. The van der Waals surface area contributed by atoms with Crippen molar-refractivity contribution in [3.05, 3.63) is 35.4 Å². The van der Waals surface area contributed by atoms with Gasteiger partial charge in [0.25, 0.3) is 0 Å². The number of nitrogens with two attached hydrogens (primary N) is 2. The second-order valence-corrected chi connectivity index (χ2v) is 14.7. The number of methoxy groups -OCH3 is 1. The molecule has 0 aromatic rings. The molecule has 5 nitrogen and oxygen atoms in total. The molecule has 0 amide bonds. The van der Waals surface area contributed by atoms with Gasteiger partial charge in [0.2, 0.25) is 0 Å². The third-order valence-corrected chi connectivity index (χ3v) is 11.3. The van der Waals surface area contributed by atoms with E-state index in [4.69, 9.17) is 16.3 Å². The van der Waals surface area contributed by atoms with Crippen molar-refractivity contribution in [2.75, 3.05) is 20.3 Å². The quantitative estimate of drug-likeness (QED) is 0.148. The van der Waals surface area contributed by atoms with E-state index in [0.29, 0.717) is 55.0 Å². The van der Waals surface area contributed by atoms with Gasteiger partial charge in [0, 0.05) is 38.6 Å². The summed E-state index contributed by atoms with van der Waals surface area (Å²) in [6.07, 6.45) is 19.6. The molecule has 0 bridgehead atoms. The third-order valence-electron chi connectivity index (χ3n) is 11.3. The summed E-state index contributed by atoms with van der Waals surface area (Å²) in [7, 11) is 1.91. The second-order valence-electron chi connectivity index (χ2n) is 14.7. The van der Waals surface area contributed by atoms with Crippen LogP contribution >= 0.6 is 0 Å². The zero-order chi connectivity index (χ0) is 30.9. The van der Waals surface area contributed by atoms with Gasteiger partial charge in [-0.15, -0.1) is 0 Å². The van der Waals surface area contributed by atoms with Crippen molar-refractivity contribution in [2.24, 2.45) is 52.0 Å². The molecule has 4 N–H and O–H groups in total. The predicted molar refractivity (Wildman–Crippen MR) is 173 cm³/mol. The predicted octanol–water partition coefficient (Wildman–Crippen LogP) is 8.61. The zero-order valence-corrected chi connectivity index (χ0v) is 27.7. The first kappa shape index (κ1) is 34.8. The Hall–Kier alpha value is -1.66. The van der Waals surface area contributed by atoms with Crippen LogP contribution in [-0.2, 0) is 9.53 Å². The summed E-state index contributed by atoms with van der Waals surface area (Å²) >= 11 is 0. The van der Waals surface area contributed by atoms with E-state index in [-0.39, 0.29) is 22.4 Å². The smallest absolute Gasteiger partial charge is 0.135 e. The van der Waals surface area contributed by atoms with E-state index in [1.54, 1.807) is 6.08 Å². The number of ether oxygens (including phenoxy) is 1. The highest BCUT2D eigenvalue weighted by Gasteiger charge is 2.54. The molecular formula is C36H62FN3O2. The first-order valence-corrected chi connectivity index (χ1v) is 17.0. The Morgan fingerprint density at radius 2 is 1.90 bits per heavy atom. The number of unbranched alkanes of at least 4 members (excludes halogenated alkanes) is 1. The summed E-state index contributed by atoms with van der Waals surface area (Å²) < 4.78 is 19.8. The summed E-state index contributed by atoms with van der Waals surface area (Å²) in [5, 5.41) is 1.51. The molecule has 42 heavy (non-hydrogen) atoms. The van der Waals surface area contributed by atoms with Crippen LogP contribution in [0, 0.1) is 40.4 Å². The zero-order valence-electron chi connectivity index (χ0n) is 27.7. The van der Waals surface area contributed by atoms with Gasteiger partial charge in [-0.2, -0.15) is 0 Å². The molecular weight excluding hydrogens is 525 g/mol. The fourth-order valence-corrected chi connectivity index (χ4v) is 9.07. The van der Waals surface area contributed by atoms with Crippen LogP contribution in [0.4, 0.5) is 4.39 Å². The minimum atomic E-state index is -0.321. The van der Waals surface area contributed by atoms with Crippen molar-refractivity contribution >= 4 is 5.78 Å². The SMILES string of the molecule is CCCCC(C1CCC2CCC(C)CCC2(COC)C1CCC)C(C)(C)CC(=O)CCN(N)C1=C(N)CC=C(F)C=C1. The van der Waals surface area contributed by atoms with E-state index >= 15 is 0 Å². The number of hydrogen-bond acceptors (Lipinski definition) is 5. The summed E-state index contributed by atoms with van der Waals surface area (Å²) in [5.41, 5.74) is 7.42. The molecule has 240 valence electrons. The van der Waals surface area contributed by atoms with Crippen molar-refractivity contribution in [3.8, 4) is 0 Å². The number of hydrazine groups is 1. The summed E-state index contributed by atoms with van der Waals surface area (Å²) in [6, 6.07) is 0. The van der Waals surface area contributed by atoms with Crippen LogP contribution in [0.2, 0.25) is 0 Å². The maximum atomic E-state index is 13.7. The molecule has 0 aromatic heterocycles. The number of fused-ring (bicyclic) bond motifs is 1. The van der Waals surface area contributed by atoms with Gasteiger partial charge < -0.3 is 15.5 Å². The number of carbonyl (C=O) groups is 1. The highest BCUT2D eigenvalue weighted by molar-refractivity contribution is 5.79. The average molecular weight is 588 g/mol. The number of Topliss-reactive ketones (excluding diaryl/α,β-unsaturated/α-hetero) is 1. The van der Waals surface area contributed by atoms with E-state index < -0.39 is 0 Å². The van der Waals surface area contributed by atoms with Gasteiger partial charge in [-0.05, 0) is 97.2 Å². The molecule has 3 aliphatic carbocycles. The molecule has 6 atom stereocenters. The fourth-order valence-electron chi connectivity index (χ4n) is 9.07. The number of hydrogen-bond donors (Lipinski definition) is 2. The van der Waals surface area contributed by atoms with Crippen LogP contribution in [0.5, 0.6) is 0 Å². The van der Waals surface area contributed by atoms with Crippen molar-refractivity contribution in [1.29, 1.82) is 0 Å². The van der Waals surface area contributed by atoms with Crippen LogP contribution in [-0.4, -0.2) is 31.1 Å². The number of carbonyl (C=O) groups excluding carboxylic acids is 1. The van der Waals surface area contributed by atoms with E-state index in [0.717, 1.165) is 18.4 Å². The van der Waals surface area contributed by atoms with E-state index in [1.165, 1.54) is 87.8 Å². The van der Waals surface area contributed by atoms with Crippen molar-refractivity contribution < 1.29 is 13.9 Å². The second kappa shape index (κ2) is 15.9. The molecule has 0 aliphatic heterocycles. The summed E-state index contributed by atoms with van der Waals surface area (Å²) in [5.74, 6) is 9.56. The number of ketones is 1. The van der Waals surface area contributed by atoms with E-state index in [9.17, 15) is 9.18 Å². The van der Waals surface area contributed by atoms with Crippen LogP contribution in [0.15, 0.2) is 35.4 Å².